The van der Waals surface area contributed by atoms with Crippen LogP contribution in [0.25, 0.3) is 0 Å². The molecule has 31 heavy (non-hydrogen) atoms. The number of allylic oxidation sites excluding steroid dienone is 2. The van der Waals surface area contributed by atoms with Crippen LogP contribution >= 0.6 is 0 Å². The normalized spacial score (nSPS) is 36.3. The number of hydrogen-bond acceptors (Lipinski definition) is 5. The monoisotopic (exact) mass is 425 g/mol. The molecule has 3 aliphatic carbocycles. The first kappa shape index (κ1) is 21.3. The maximum Gasteiger partial charge on any atom is 0.206 e. The van der Waals surface area contributed by atoms with E-state index in [-0.39, 0.29) is 17.3 Å². The highest BCUT2D eigenvalue weighted by Gasteiger charge is 2.58. The highest BCUT2D eigenvalue weighted by molar-refractivity contribution is 5.97. The van der Waals surface area contributed by atoms with E-state index in [0.717, 1.165) is 30.4 Å². The zero-order chi connectivity index (χ0) is 22.1. The summed E-state index contributed by atoms with van der Waals surface area (Å²) >= 11 is 0. The fourth-order valence-corrected chi connectivity index (χ4v) is 7.25. The zero-order valence-electron chi connectivity index (χ0n) is 19.5. The Bertz CT molecular complexity index is 966. The molecule has 0 unspecified atom stereocenters. The number of methoxy groups -OCH3 is 1. The van der Waals surface area contributed by atoms with Crippen molar-refractivity contribution in [2.45, 2.75) is 78.6 Å². The number of ketones is 1. The predicted octanol–water partition coefficient (Wildman–Crippen LogP) is 5.09. The predicted molar refractivity (Wildman–Crippen MR) is 118 cm³/mol. The van der Waals surface area contributed by atoms with Crippen molar-refractivity contribution in [2.24, 2.45) is 22.7 Å². The second kappa shape index (κ2) is 7.23. The number of nitrogens with zero attached hydrogens (tertiary/aromatic N) is 1. The maximum atomic E-state index is 12.5. The summed E-state index contributed by atoms with van der Waals surface area (Å²) in [4.78, 5) is 17.0. The SMILES string of the molecule is CO[C@@H]1O[C@H]2c3c(cnc(C(=O)CO)c31)CC[C@@H]1C3=C(C(C)C)CC[C@]3(C)CC[C@]12C. The lowest BCUT2D eigenvalue weighted by molar-refractivity contribution is -0.184. The number of aliphatic hydroxyl groups excluding tert-OH is 1. The van der Waals surface area contributed by atoms with E-state index in [0.29, 0.717) is 22.9 Å². The quantitative estimate of drug-likeness (QED) is 0.538. The van der Waals surface area contributed by atoms with Crippen molar-refractivity contribution in [3.05, 3.63) is 39.7 Å². The summed E-state index contributed by atoms with van der Waals surface area (Å²) in [6, 6.07) is 0. The molecule has 1 fully saturated rings. The molecule has 5 nitrogen and oxygen atoms in total. The van der Waals surface area contributed by atoms with Gasteiger partial charge in [-0.1, -0.05) is 38.8 Å². The van der Waals surface area contributed by atoms with Crippen LogP contribution < -0.4 is 0 Å². The van der Waals surface area contributed by atoms with Crippen molar-refractivity contribution in [2.75, 3.05) is 13.7 Å². The second-order valence-corrected chi connectivity index (χ2v) is 10.9. The third kappa shape index (κ3) is 2.86. The summed E-state index contributed by atoms with van der Waals surface area (Å²) in [6.45, 7) is 9.01. The fourth-order valence-electron chi connectivity index (χ4n) is 7.25. The molecule has 1 N–H and O–H groups in total. The summed E-state index contributed by atoms with van der Waals surface area (Å²) in [6.07, 6.45) is 7.93. The average Bonchev–Trinajstić information content (AvgIpc) is 3.28. The van der Waals surface area contributed by atoms with Crippen LogP contribution in [0.2, 0.25) is 0 Å². The molecule has 1 aromatic rings. The van der Waals surface area contributed by atoms with Gasteiger partial charge in [-0.25, -0.2) is 0 Å². The van der Waals surface area contributed by atoms with Gasteiger partial charge in [0.1, 0.15) is 12.3 Å². The lowest BCUT2D eigenvalue weighted by atomic mass is 9.54. The zero-order valence-corrected chi connectivity index (χ0v) is 19.5. The van der Waals surface area contributed by atoms with Crippen LogP contribution in [0.15, 0.2) is 17.3 Å². The summed E-state index contributed by atoms with van der Waals surface area (Å²) in [7, 11) is 1.62. The van der Waals surface area contributed by atoms with Gasteiger partial charge < -0.3 is 14.6 Å². The van der Waals surface area contributed by atoms with Gasteiger partial charge in [-0.2, -0.15) is 0 Å². The molecule has 0 amide bonds. The van der Waals surface area contributed by atoms with Crippen molar-refractivity contribution in [3.8, 4) is 0 Å². The molecule has 0 radical (unpaired) electrons. The van der Waals surface area contributed by atoms with Crippen LogP contribution in [-0.4, -0.2) is 29.6 Å². The van der Waals surface area contributed by atoms with Gasteiger partial charge in [-0.3, -0.25) is 9.78 Å². The number of ether oxygens (including phenoxy) is 2. The molecule has 1 aromatic heterocycles. The molecule has 0 bridgehead atoms. The van der Waals surface area contributed by atoms with E-state index in [2.05, 4.69) is 32.7 Å². The number of carbonyl (C=O) groups is 1. The molecule has 0 saturated heterocycles. The number of aryl methyl sites for hydroxylation is 1. The summed E-state index contributed by atoms with van der Waals surface area (Å²) in [5.41, 5.74) is 6.97. The first-order valence-corrected chi connectivity index (χ1v) is 11.8. The number of aliphatic hydroxyl groups is 1. The largest absolute Gasteiger partial charge is 0.388 e. The van der Waals surface area contributed by atoms with Gasteiger partial charge in [0.15, 0.2) is 6.29 Å². The van der Waals surface area contributed by atoms with E-state index >= 15 is 0 Å². The topological polar surface area (TPSA) is 68.7 Å². The molecule has 1 saturated carbocycles. The van der Waals surface area contributed by atoms with E-state index in [1.807, 2.05) is 6.20 Å². The maximum absolute atomic E-state index is 12.5. The molecule has 5 heteroatoms. The molecule has 5 rings (SSSR count). The third-order valence-electron chi connectivity index (χ3n) is 8.92. The average molecular weight is 426 g/mol. The van der Waals surface area contributed by atoms with Gasteiger partial charge in [0.05, 0.1) is 6.10 Å². The fraction of sp³-hybridized carbons (Fsp3) is 0.692. The van der Waals surface area contributed by atoms with E-state index in [9.17, 15) is 9.90 Å². The van der Waals surface area contributed by atoms with Gasteiger partial charge in [0, 0.05) is 24.3 Å². The molecule has 0 aromatic carbocycles. The van der Waals surface area contributed by atoms with Crippen molar-refractivity contribution in [3.63, 3.8) is 0 Å². The Balaban J connectivity index is 1.69. The van der Waals surface area contributed by atoms with Crippen LogP contribution in [0.3, 0.4) is 0 Å². The number of hydrogen-bond donors (Lipinski definition) is 1. The third-order valence-corrected chi connectivity index (χ3v) is 8.92. The lowest BCUT2D eigenvalue weighted by Crippen LogP contribution is -2.43. The molecule has 2 heterocycles. The number of rotatable bonds is 4. The van der Waals surface area contributed by atoms with Crippen molar-refractivity contribution < 1.29 is 19.4 Å². The Labute approximate surface area is 185 Å². The Morgan fingerprint density at radius 2 is 2.03 bits per heavy atom. The highest BCUT2D eigenvalue weighted by Crippen LogP contribution is 2.67. The minimum atomic E-state index is -0.607. The van der Waals surface area contributed by atoms with E-state index < -0.39 is 12.9 Å². The van der Waals surface area contributed by atoms with Crippen LogP contribution in [0.1, 0.15) is 99.4 Å². The molecule has 5 atom stereocenters. The number of fused-ring (bicyclic) bond motifs is 4. The van der Waals surface area contributed by atoms with Crippen LogP contribution in [0.5, 0.6) is 0 Å². The minimum Gasteiger partial charge on any atom is -0.388 e. The summed E-state index contributed by atoms with van der Waals surface area (Å²) in [5, 5.41) is 9.51. The van der Waals surface area contributed by atoms with Gasteiger partial charge in [0.2, 0.25) is 5.78 Å². The lowest BCUT2D eigenvalue weighted by Gasteiger charge is -2.52. The summed E-state index contributed by atoms with van der Waals surface area (Å²) in [5.74, 6) is 0.669. The molecular weight excluding hydrogens is 390 g/mol. The smallest absolute Gasteiger partial charge is 0.206 e. The Morgan fingerprint density at radius 3 is 2.71 bits per heavy atom. The van der Waals surface area contributed by atoms with Crippen molar-refractivity contribution in [1.29, 1.82) is 0 Å². The second-order valence-electron chi connectivity index (χ2n) is 10.9. The Hall–Kier alpha value is -1.56. The molecule has 168 valence electrons. The van der Waals surface area contributed by atoms with Crippen LogP contribution in [0.4, 0.5) is 0 Å². The van der Waals surface area contributed by atoms with Crippen molar-refractivity contribution in [1.82, 2.24) is 4.98 Å². The first-order chi connectivity index (χ1) is 14.7. The van der Waals surface area contributed by atoms with E-state index in [1.165, 1.54) is 24.8 Å². The number of pyridine rings is 1. The van der Waals surface area contributed by atoms with Gasteiger partial charge in [0.25, 0.3) is 0 Å². The highest BCUT2D eigenvalue weighted by atomic mass is 16.7. The van der Waals surface area contributed by atoms with Gasteiger partial charge in [-0.15, -0.1) is 0 Å². The minimum absolute atomic E-state index is 0.0481. The molecule has 4 aliphatic rings. The number of aromatic nitrogens is 1. The van der Waals surface area contributed by atoms with Gasteiger partial charge in [-0.05, 0) is 66.9 Å². The standard InChI is InChI=1S/C26H35NO4/c1-14(2)16-8-9-25(3)10-11-26(4)17(21(16)25)7-6-15-12-27-22(18(29)13-28)20-19(15)23(26)31-24(20)30-5/h12,14,17,23-24,28H,6-11,13H2,1-5H3/t17-,23+,24-,25-,26-/m1/s1. The number of Topliss-reactive ketones (excluding diaryl/α,β-unsaturated/α-hetero) is 1. The molecular formula is C26H35NO4. The van der Waals surface area contributed by atoms with Gasteiger partial charge >= 0.3 is 0 Å². The summed E-state index contributed by atoms with van der Waals surface area (Å²) < 4.78 is 12.3. The van der Waals surface area contributed by atoms with E-state index in [1.54, 1.807) is 18.3 Å². The molecule has 1 aliphatic heterocycles. The first-order valence-electron chi connectivity index (χ1n) is 11.8. The van der Waals surface area contributed by atoms with Crippen LogP contribution in [0, 0.1) is 22.7 Å². The Morgan fingerprint density at radius 1 is 1.26 bits per heavy atom. The van der Waals surface area contributed by atoms with E-state index in [4.69, 9.17) is 9.47 Å². The van der Waals surface area contributed by atoms with Crippen LogP contribution in [-0.2, 0) is 15.9 Å². The van der Waals surface area contributed by atoms with Crippen molar-refractivity contribution >= 4 is 5.78 Å². The Kier molecular flexibility index (Phi) is 4.96. The molecule has 0 spiro atoms. The number of carbonyl (C=O) groups excluding carboxylic acids is 1.